The van der Waals surface area contributed by atoms with Gasteiger partial charge in [0.25, 0.3) is 0 Å². The number of rotatable bonds is 8. The molecule has 0 aliphatic rings. The van der Waals surface area contributed by atoms with E-state index in [0.29, 0.717) is 23.3 Å². The minimum atomic E-state index is -0.528. The van der Waals surface area contributed by atoms with Crippen molar-refractivity contribution in [1.29, 1.82) is 0 Å². The van der Waals surface area contributed by atoms with Gasteiger partial charge in [-0.2, -0.15) is 0 Å². The summed E-state index contributed by atoms with van der Waals surface area (Å²) in [5, 5.41) is 9.93. The molecule has 3 aromatic heterocycles. The first-order valence-corrected chi connectivity index (χ1v) is 11.1. The van der Waals surface area contributed by atoms with E-state index in [0.717, 1.165) is 29.0 Å². The Morgan fingerprint density at radius 2 is 1.97 bits per heavy atom. The van der Waals surface area contributed by atoms with Crippen LogP contribution in [-0.2, 0) is 34.2 Å². The summed E-state index contributed by atoms with van der Waals surface area (Å²) >= 11 is 1.43. The molecule has 32 heavy (non-hydrogen) atoms. The van der Waals surface area contributed by atoms with E-state index in [4.69, 9.17) is 9.26 Å². The minimum Gasteiger partial charge on any atom is -0.450 e. The van der Waals surface area contributed by atoms with Gasteiger partial charge in [0.15, 0.2) is 5.13 Å². The largest absolute Gasteiger partial charge is 0.450 e. The molecule has 0 unspecified atom stereocenters. The van der Waals surface area contributed by atoms with Crippen LogP contribution in [0.3, 0.4) is 0 Å². The molecule has 2 amide bonds. The molecule has 2 N–H and O–H groups in total. The number of hydrogen-bond acceptors (Lipinski definition) is 8. The van der Waals surface area contributed by atoms with Gasteiger partial charge in [-0.3, -0.25) is 10.1 Å². The maximum absolute atomic E-state index is 12.3. The fraction of sp³-hybridized carbons (Fsp3) is 0.409. The Hall–Kier alpha value is -3.27. The second-order valence-corrected chi connectivity index (χ2v) is 9.30. The van der Waals surface area contributed by atoms with Crippen LogP contribution in [0.25, 0.3) is 0 Å². The van der Waals surface area contributed by atoms with E-state index in [-0.39, 0.29) is 17.7 Å². The number of aryl methyl sites for hydroxylation is 2. The molecule has 0 saturated heterocycles. The number of anilines is 2. The van der Waals surface area contributed by atoms with Crippen molar-refractivity contribution in [3.63, 3.8) is 0 Å². The number of carbonyl (C=O) groups excluding carboxylic acids is 2. The van der Waals surface area contributed by atoms with E-state index in [1.54, 1.807) is 19.3 Å². The van der Waals surface area contributed by atoms with E-state index in [2.05, 4.69) is 25.8 Å². The second-order valence-electron chi connectivity index (χ2n) is 8.18. The van der Waals surface area contributed by atoms with Crippen LogP contribution in [0.5, 0.6) is 0 Å². The summed E-state index contributed by atoms with van der Waals surface area (Å²) in [6, 6.07) is 5.51. The number of ether oxygens (including phenoxy) is 1. The third kappa shape index (κ3) is 6.88. The number of thiazole rings is 1. The van der Waals surface area contributed by atoms with Crippen LogP contribution in [-0.4, -0.2) is 33.7 Å². The molecular formula is C22H27N5O4S. The summed E-state index contributed by atoms with van der Waals surface area (Å²) in [7, 11) is 0. The van der Waals surface area contributed by atoms with Crippen molar-refractivity contribution in [2.24, 2.45) is 0 Å². The molecule has 9 nitrogen and oxygen atoms in total. The van der Waals surface area contributed by atoms with Crippen LogP contribution in [0, 0.1) is 0 Å². The summed E-state index contributed by atoms with van der Waals surface area (Å²) < 4.78 is 10.2. The fourth-order valence-corrected chi connectivity index (χ4v) is 3.62. The first kappa shape index (κ1) is 23.4. The minimum absolute atomic E-state index is 0.127. The third-order valence-corrected chi connectivity index (χ3v) is 5.40. The molecule has 3 heterocycles. The van der Waals surface area contributed by atoms with Crippen LogP contribution < -0.4 is 10.6 Å². The lowest BCUT2D eigenvalue weighted by atomic mass is 9.93. The molecule has 0 bridgehead atoms. The topological polar surface area (TPSA) is 119 Å². The molecule has 3 rings (SSSR count). The second kappa shape index (κ2) is 10.4. The number of aromatic nitrogens is 3. The number of carbonyl (C=O) groups is 2. The number of nitrogens with zero attached hydrogens (tertiary/aromatic N) is 3. The first-order chi connectivity index (χ1) is 15.2. The highest BCUT2D eigenvalue weighted by Gasteiger charge is 2.20. The monoisotopic (exact) mass is 457 g/mol. The lowest BCUT2D eigenvalue weighted by Gasteiger charge is -2.12. The molecule has 0 aliphatic heterocycles. The van der Waals surface area contributed by atoms with Gasteiger partial charge in [-0.25, -0.2) is 14.8 Å². The van der Waals surface area contributed by atoms with Crippen LogP contribution in [0.2, 0.25) is 0 Å². The van der Waals surface area contributed by atoms with Crippen molar-refractivity contribution in [3.05, 3.63) is 52.5 Å². The Kier molecular flexibility index (Phi) is 7.57. The van der Waals surface area contributed by atoms with Crippen molar-refractivity contribution in [3.8, 4) is 0 Å². The molecule has 0 spiro atoms. The zero-order valence-electron chi connectivity index (χ0n) is 18.6. The van der Waals surface area contributed by atoms with E-state index in [1.165, 1.54) is 11.3 Å². The Morgan fingerprint density at radius 1 is 1.16 bits per heavy atom. The third-order valence-electron chi connectivity index (χ3n) is 4.43. The van der Waals surface area contributed by atoms with Crippen molar-refractivity contribution >= 4 is 34.3 Å². The van der Waals surface area contributed by atoms with Crippen LogP contribution >= 0.6 is 11.3 Å². The predicted molar refractivity (Wildman–Crippen MR) is 122 cm³/mol. The Labute approximate surface area is 190 Å². The summed E-state index contributed by atoms with van der Waals surface area (Å²) in [5.74, 6) is 0.998. The van der Waals surface area contributed by atoms with Gasteiger partial charge in [0.05, 0.1) is 18.7 Å². The standard InChI is InChI=1S/C22H27N5O4S/c1-5-30-21(29)25-18-10-14(8-9-23-18)6-7-16-13-24-20(32-16)26-19(28)12-15-11-17(31-27-15)22(2,3)4/h8-11,13H,5-7,12H2,1-4H3,(H,23,25,29)(H,24,26,28). The van der Waals surface area contributed by atoms with Crippen molar-refractivity contribution < 1.29 is 18.8 Å². The quantitative estimate of drug-likeness (QED) is 0.516. The van der Waals surface area contributed by atoms with Gasteiger partial charge in [-0.05, 0) is 37.5 Å². The van der Waals surface area contributed by atoms with Gasteiger partial charge < -0.3 is 14.6 Å². The normalized spacial score (nSPS) is 11.2. The first-order valence-electron chi connectivity index (χ1n) is 10.3. The lowest BCUT2D eigenvalue weighted by molar-refractivity contribution is -0.115. The predicted octanol–water partition coefficient (Wildman–Crippen LogP) is 4.36. The molecule has 170 valence electrons. The molecule has 0 fully saturated rings. The highest BCUT2D eigenvalue weighted by Crippen LogP contribution is 2.24. The van der Waals surface area contributed by atoms with Crippen LogP contribution in [0.15, 0.2) is 35.1 Å². The van der Waals surface area contributed by atoms with Gasteiger partial charge in [0.2, 0.25) is 5.91 Å². The van der Waals surface area contributed by atoms with E-state index in [9.17, 15) is 9.59 Å². The Balaban J connectivity index is 1.50. The van der Waals surface area contributed by atoms with Crippen LogP contribution in [0.4, 0.5) is 15.7 Å². The molecule has 0 atom stereocenters. The van der Waals surface area contributed by atoms with Crippen LogP contribution in [0.1, 0.15) is 49.6 Å². The van der Waals surface area contributed by atoms with Gasteiger partial charge in [-0.15, -0.1) is 11.3 Å². The van der Waals surface area contributed by atoms with Gasteiger partial charge in [-0.1, -0.05) is 25.9 Å². The summed E-state index contributed by atoms with van der Waals surface area (Å²) in [6.45, 7) is 8.12. The highest BCUT2D eigenvalue weighted by molar-refractivity contribution is 7.15. The molecular weight excluding hydrogens is 430 g/mol. The summed E-state index contributed by atoms with van der Waals surface area (Å²) in [6.07, 6.45) is 4.48. The average molecular weight is 458 g/mol. The highest BCUT2D eigenvalue weighted by atomic mass is 32.1. The number of pyridine rings is 1. The zero-order chi connectivity index (χ0) is 23.1. The summed E-state index contributed by atoms with van der Waals surface area (Å²) in [4.78, 5) is 33.3. The Morgan fingerprint density at radius 3 is 2.69 bits per heavy atom. The fourth-order valence-electron chi connectivity index (χ4n) is 2.79. The van der Waals surface area contributed by atoms with E-state index in [1.807, 2.05) is 39.0 Å². The van der Waals surface area contributed by atoms with E-state index < -0.39 is 6.09 Å². The molecule has 10 heteroatoms. The average Bonchev–Trinajstić information content (AvgIpc) is 3.36. The van der Waals surface area contributed by atoms with Gasteiger partial charge in [0, 0.05) is 28.8 Å². The molecule has 0 aliphatic carbocycles. The molecule has 0 saturated carbocycles. The number of amides is 2. The van der Waals surface area contributed by atoms with E-state index >= 15 is 0 Å². The zero-order valence-corrected chi connectivity index (χ0v) is 19.4. The van der Waals surface area contributed by atoms with Gasteiger partial charge in [0.1, 0.15) is 11.6 Å². The van der Waals surface area contributed by atoms with Gasteiger partial charge >= 0.3 is 6.09 Å². The van der Waals surface area contributed by atoms with Crippen molar-refractivity contribution in [2.75, 3.05) is 17.2 Å². The van der Waals surface area contributed by atoms with Crippen molar-refractivity contribution in [2.45, 2.75) is 52.4 Å². The number of hydrogen-bond donors (Lipinski definition) is 2. The molecule has 0 radical (unpaired) electrons. The molecule has 3 aromatic rings. The maximum Gasteiger partial charge on any atom is 0.412 e. The maximum atomic E-state index is 12.3. The SMILES string of the molecule is CCOC(=O)Nc1cc(CCc2cnc(NC(=O)Cc3cc(C(C)(C)C)on3)s2)ccn1. The van der Waals surface area contributed by atoms with Crippen molar-refractivity contribution in [1.82, 2.24) is 15.1 Å². The molecule has 0 aromatic carbocycles. The summed E-state index contributed by atoms with van der Waals surface area (Å²) in [5.41, 5.74) is 1.46. The lowest BCUT2D eigenvalue weighted by Crippen LogP contribution is -2.14. The number of nitrogens with one attached hydrogen (secondary N) is 2. The Bertz CT molecular complexity index is 1070. The smallest absolute Gasteiger partial charge is 0.412 e.